The number of carboxylic acids is 1. The van der Waals surface area contributed by atoms with Gasteiger partial charge in [0.05, 0.1) is 6.33 Å². The van der Waals surface area contributed by atoms with Crippen molar-refractivity contribution in [2.75, 3.05) is 5.32 Å². The number of H-pyrrole nitrogens is 1. The van der Waals surface area contributed by atoms with Crippen LogP contribution in [0.15, 0.2) is 6.33 Å². The van der Waals surface area contributed by atoms with Gasteiger partial charge < -0.3 is 10.1 Å². The highest BCUT2D eigenvalue weighted by Crippen LogP contribution is 2.07. The lowest BCUT2D eigenvalue weighted by molar-refractivity contribution is 0.0692. The van der Waals surface area contributed by atoms with Gasteiger partial charge in [0.1, 0.15) is 0 Å². The molecule has 0 aromatic carbocycles. The van der Waals surface area contributed by atoms with Gasteiger partial charge in [-0.05, 0) is 0 Å². The molecule has 0 amide bonds. The molecule has 0 aliphatic heterocycles. The van der Waals surface area contributed by atoms with E-state index in [0.717, 1.165) is 0 Å². The molecule has 6 nitrogen and oxygen atoms in total. The molecule has 0 fully saturated rings. The summed E-state index contributed by atoms with van der Waals surface area (Å²) < 4.78 is 0. The fourth-order valence-electron chi connectivity index (χ4n) is 0.605. The molecule has 0 aliphatic carbocycles. The Morgan fingerprint density at radius 2 is 2.64 bits per heavy atom. The van der Waals surface area contributed by atoms with E-state index in [1.165, 1.54) is 6.33 Å². The smallest absolute Gasteiger partial charge is 0.356 e. The monoisotopic (exact) mass is 152 g/mol. The molecule has 0 spiro atoms. The van der Waals surface area contributed by atoms with Gasteiger partial charge in [0.15, 0.2) is 17.7 Å². The first-order valence-electron chi connectivity index (χ1n) is 2.67. The lowest BCUT2D eigenvalue weighted by atomic mass is 10.4. The Balaban J connectivity index is 2.98. The number of rotatable bonds is 2. The first-order chi connectivity index (χ1) is 5.25. The number of hydrogen-bond donors (Lipinski definition) is 3. The van der Waals surface area contributed by atoms with Crippen LogP contribution in [0.1, 0.15) is 10.5 Å². The summed E-state index contributed by atoms with van der Waals surface area (Å²) in [6.07, 6.45) is 2.77. The molecule has 6 heteroatoms. The lowest BCUT2D eigenvalue weighted by Gasteiger charge is -1.90. The van der Waals surface area contributed by atoms with E-state index < -0.39 is 5.97 Å². The summed E-state index contributed by atoms with van der Waals surface area (Å²) in [4.78, 5) is 16.3. The van der Waals surface area contributed by atoms with Crippen LogP contribution in [0.4, 0.5) is 5.82 Å². The molecule has 0 bridgehead atoms. The zero-order valence-electron chi connectivity index (χ0n) is 5.33. The summed E-state index contributed by atoms with van der Waals surface area (Å²) in [7, 11) is 0. The summed E-state index contributed by atoms with van der Waals surface area (Å²) in [5.41, 5.74) is -0.119. The van der Waals surface area contributed by atoms with E-state index in [9.17, 15) is 4.79 Å². The third-order valence-corrected chi connectivity index (χ3v) is 1.03. The predicted molar refractivity (Wildman–Crippen MR) is 34.8 cm³/mol. The molecular weight excluding hydrogens is 148 g/mol. The quantitative estimate of drug-likeness (QED) is 0.409. The van der Waals surface area contributed by atoms with Gasteiger partial charge in [-0.25, -0.2) is 9.78 Å². The number of aromatic carboxylic acids is 1. The molecule has 56 valence electrons. The van der Waals surface area contributed by atoms with Crippen molar-refractivity contribution in [2.24, 2.45) is 0 Å². The third-order valence-electron chi connectivity index (χ3n) is 1.03. The van der Waals surface area contributed by atoms with Crippen LogP contribution in [0.2, 0.25) is 0 Å². The fourth-order valence-corrected chi connectivity index (χ4v) is 0.605. The molecule has 1 aromatic rings. The summed E-state index contributed by atoms with van der Waals surface area (Å²) in [6, 6.07) is 0. The Bertz CT molecular complexity index is 311. The molecule has 0 radical (unpaired) electrons. The Hall–Kier alpha value is -2.03. The minimum atomic E-state index is -1.15. The van der Waals surface area contributed by atoms with E-state index in [2.05, 4.69) is 15.3 Å². The first kappa shape index (κ1) is 7.08. The number of aromatic amines is 1. The largest absolute Gasteiger partial charge is 0.476 e. The van der Waals surface area contributed by atoms with E-state index in [1.807, 2.05) is 0 Å². The van der Waals surface area contributed by atoms with Crippen LogP contribution in [0.25, 0.3) is 0 Å². The summed E-state index contributed by atoms with van der Waals surface area (Å²) in [5, 5.41) is 18.7. The second-order valence-electron chi connectivity index (χ2n) is 1.67. The molecule has 0 saturated heterocycles. The normalized spacial score (nSPS) is 8.64. The molecule has 11 heavy (non-hydrogen) atoms. The van der Waals surface area contributed by atoms with Crippen LogP contribution >= 0.6 is 0 Å². The highest BCUT2D eigenvalue weighted by Gasteiger charge is 2.11. The van der Waals surface area contributed by atoms with Crippen molar-refractivity contribution in [3.63, 3.8) is 0 Å². The number of hydrogen-bond acceptors (Lipinski definition) is 4. The van der Waals surface area contributed by atoms with Crippen molar-refractivity contribution in [3.05, 3.63) is 12.0 Å². The molecule has 1 heterocycles. The number of nitriles is 1. The van der Waals surface area contributed by atoms with Gasteiger partial charge in [0.25, 0.3) is 0 Å². The minimum absolute atomic E-state index is 0.0278. The summed E-state index contributed by atoms with van der Waals surface area (Å²) >= 11 is 0. The fraction of sp³-hybridized carbons (Fsp3) is 0. The molecule has 1 rings (SSSR count). The molecular formula is C5H4N4O2. The van der Waals surface area contributed by atoms with Crippen molar-refractivity contribution in [1.29, 1.82) is 5.26 Å². The van der Waals surface area contributed by atoms with Gasteiger partial charge in [0, 0.05) is 0 Å². The van der Waals surface area contributed by atoms with Crippen LogP contribution in [0, 0.1) is 11.5 Å². The maximum absolute atomic E-state index is 10.3. The Kier molecular flexibility index (Phi) is 1.74. The molecule has 0 atom stereocenters. The topological polar surface area (TPSA) is 102 Å². The van der Waals surface area contributed by atoms with Crippen molar-refractivity contribution in [1.82, 2.24) is 9.97 Å². The molecule has 3 N–H and O–H groups in total. The van der Waals surface area contributed by atoms with E-state index in [4.69, 9.17) is 10.4 Å². The third kappa shape index (κ3) is 1.27. The number of carboxylic acid groups (broad SMARTS) is 1. The van der Waals surface area contributed by atoms with E-state index in [1.54, 1.807) is 6.19 Å². The Morgan fingerprint density at radius 1 is 1.91 bits per heavy atom. The molecule has 0 unspecified atom stereocenters. The number of anilines is 1. The van der Waals surface area contributed by atoms with E-state index in [-0.39, 0.29) is 11.5 Å². The lowest BCUT2D eigenvalue weighted by Crippen LogP contribution is -2.01. The Labute approximate surface area is 61.5 Å². The van der Waals surface area contributed by atoms with Crippen LogP contribution in [0.5, 0.6) is 0 Å². The predicted octanol–water partition coefficient (Wildman–Crippen LogP) is 0.000880. The second kappa shape index (κ2) is 2.70. The van der Waals surface area contributed by atoms with Crippen LogP contribution < -0.4 is 5.32 Å². The minimum Gasteiger partial charge on any atom is -0.476 e. The van der Waals surface area contributed by atoms with Gasteiger partial charge in [-0.3, -0.25) is 5.32 Å². The standard InChI is InChI=1S/C5H4N4O2/c6-1-7-4-3(5(10)11)8-2-9-4/h2,7H,(H,8,9)(H,10,11). The van der Waals surface area contributed by atoms with E-state index >= 15 is 0 Å². The van der Waals surface area contributed by atoms with Gasteiger partial charge in [-0.15, -0.1) is 0 Å². The van der Waals surface area contributed by atoms with Crippen molar-refractivity contribution < 1.29 is 9.90 Å². The van der Waals surface area contributed by atoms with E-state index in [0.29, 0.717) is 0 Å². The van der Waals surface area contributed by atoms with Gasteiger partial charge in [0.2, 0.25) is 0 Å². The van der Waals surface area contributed by atoms with Crippen LogP contribution in [0.3, 0.4) is 0 Å². The van der Waals surface area contributed by atoms with Gasteiger partial charge in [-0.1, -0.05) is 0 Å². The molecule has 0 saturated carbocycles. The zero-order valence-corrected chi connectivity index (χ0v) is 5.33. The maximum atomic E-state index is 10.3. The highest BCUT2D eigenvalue weighted by molar-refractivity contribution is 5.91. The average Bonchev–Trinajstić information content (AvgIpc) is 2.36. The number of aromatic nitrogens is 2. The van der Waals surface area contributed by atoms with Crippen molar-refractivity contribution in [2.45, 2.75) is 0 Å². The van der Waals surface area contributed by atoms with Crippen LogP contribution in [-0.2, 0) is 0 Å². The summed E-state index contributed by atoms with van der Waals surface area (Å²) in [5.74, 6) is -1.12. The number of carbonyl (C=O) groups is 1. The Morgan fingerprint density at radius 3 is 3.18 bits per heavy atom. The first-order valence-corrected chi connectivity index (χ1v) is 2.67. The van der Waals surface area contributed by atoms with Crippen molar-refractivity contribution >= 4 is 11.8 Å². The number of imidazole rings is 1. The van der Waals surface area contributed by atoms with Crippen molar-refractivity contribution in [3.8, 4) is 6.19 Å². The average molecular weight is 152 g/mol. The zero-order chi connectivity index (χ0) is 8.27. The maximum Gasteiger partial charge on any atom is 0.356 e. The number of nitrogens with zero attached hydrogens (tertiary/aromatic N) is 2. The van der Waals surface area contributed by atoms with Gasteiger partial charge in [-0.2, -0.15) is 5.26 Å². The molecule has 0 aliphatic rings. The second-order valence-corrected chi connectivity index (χ2v) is 1.67. The highest BCUT2D eigenvalue weighted by atomic mass is 16.4. The summed E-state index contributed by atoms with van der Waals surface area (Å²) in [6.45, 7) is 0. The number of nitrogens with one attached hydrogen (secondary N) is 2. The molecule has 1 aromatic heterocycles. The SMILES string of the molecule is N#CNc1nc[nH]c1C(=O)O. The van der Waals surface area contributed by atoms with Crippen LogP contribution in [-0.4, -0.2) is 21.0 Å². The van der Waals surface area contributed by atoms with Gasteiger partial charge >= 0.3 is 5.97 Å².